The number of allylic oxidation sites excluding steroid dienone is 2. The van der Waals surface area contributed by atoms with Crippen LogP contribution in [0.25, 0.3) is 0 Å². The van der Waals surface area contributed by atoms with Crippen molar-refractivity contribution in [3.05, 3.63) is 12.2 Å². The fourth-order valence-corrected chi connectivity index (χ4v) is 6.07. The minimum atomic E-state index is -0.769. The molecule has 0 aliphatic rings. The van der Waals surface area contributed by atoms with Crippen molar-refractivity contribution in [1.82, 2.24) is 0 Å². The van der Waals surface area contributed by atoms with E-state index in [0.29, 0.717) is 19.3 Å². The number of carboxylic acid groups (broad SMARTS) is 3. The molecule has 0 saturated carbocycles. The molecule has 0 spiro atoms. The number of aliphatic carboxylic acids is 3. The highest BCUT2D eigenvalue weighted by Crippen LogP contribution is 2.19. The van der Waals surface area contributed by atoms with Crippen molar-refractivity contribution in [1.29, 1.82) is 0 Å². The predicted molar refractivity (Wildman–Crippen MR) is 177 cm³/mol. The molecule has 0 heterocycles. The SMILES string of the molecule is CCCCCCCCCCCC/C=C/CCCCCCC[N+](CCCCC(=O)O)(CCCCC(=O)O)CCCCC(=O)O. The van der Waals surface area contributed by atoms with Crippen LogP contribution in [-0.4, -0.2) is 63.9 Å². The summed E-state index contributed by atoms with van der Waals surface area (Å²) >= 11 is 0. The molecule has 0 unspecified atom stereocenters. The zero-order valence-corrected chi connectivity index (χ0v) is 27.9. The second-order valence-corrected chi connectivity index (χ2v) is 12.8. The Morgan fingerprint density at radius 1 is 0.419 bits per heavy atom. The van der Waals surface area contributed by atoms with E-state index in [9.17, 15) is 14.4 Å². The Morgan fingerprint density at radius 3 is 1.02 bits per heavy atom. The number of carbonyl (C=O) groups is 3. The Labute approximate surface area is 264 Å². The van der Waals surface area contributed by atoms with Crippen LogP contribution in [0, 0.1) is 0 Å². The lowest BCUT2D eigenvalue weighted by atomic mass is 10.1. The molecule has 0 fully saturated rings. The molecule has 0 radical (unpaired) electrons. The number of quaternary nitrogens is 1. The summed E-state index contributed by atoms with van der Waals surface area (Å²) in [5.74, 6) is -2.31. The van der Waals surface area contributed by atoms with Gasteiger partial charge in [0.15, 0.2) is 0 Å². The summed E-state index contributed by atoms with van der Waals surface area (Å²) in [5.41, 5.74) is 0. The molecule has 43 heavy (non-hydrogen) atoms. The van der Waals surface area contributed by atoms with Gasteiger partial charge in [-0.2, -0.15) is 0 Å². The van der Waals surface area contributed by atoms with E-state index < -0.39 is 17.9 Å². The number of unbranched alkanes of at least 4 members (excludes halogenated alkanes) is 18. The number of carboxylic acids is 3. The first kappa shape index (κ1) is 41.1. The van der Waals surface area contributed by atoms with Gasteiger partial charge in [0, 0.05) is 19.3 Å². The molecule has 0 rings (SSSR count). The first-order chi connectivity index (χ1) is 20.8. The normalized spacial score (nSPS) is 11.8. The highest BCUT2D eigenvalue weighted by molar-refractivity contribution is 5.67. The molecule has 0 atom stereocenters. The molecule has 0 saturated heterocycles. The van der Waals surface area contributed by atoms with Crippen LogP contribution in [0.1, 0.15) is 174 Å². The maximum absolute atomic E-state index is 11.0. The Kier molecular flexibility index (Phi) is 28.8. The zero-order valence-electron chi connectivity index (χ0n) is 27.9. The van der Waals surface area contributed by atoms with E-state index in [2.05, 4.69) is 19.1 Å². The molecule has 7 nitrogen and oxygen atoms in total. The van der Waals surface area contributed by atoms with Crippen molar-refractivity contribution < 1.29 is 34.2 Å². The van der Waals surface area contributed by atoms with Gasteiger partial charge in [-0.1, -0.05) is 89.7 Å². The first-order valence-corrected chi connectivity index (χ1v) is 18.0. The molecule has 0 aromatic heterocycles. The smallest absolute Gasteiger partial charge is 0.303 e. The summed E-state index contributed by atoms with van der Waals surface area (Å²) in [7, 11) is 0. The molecule has 252 valence electrons. The minimum Gasteiger partial charge on any atom is -0.481 e. The highest BCUT2D eigenvalue weighted by atomic mass is 16.4. The van der Waals surface area contributed by atoms with E-state index in [1.807, 2.05) is 0 Å². The molecule has 0 aliphatic heterocycles. The molecule has 7 heteroatoms. The Hall–Kier alpha value is -1.89. The molecule has 0 aromatic carbocycles. The maximum Gasteiger partial charge on any atom is 0.303 e. The number of rotatable bonds is 34. The summed E-state index contributed by atoms with van der Waals surface area (Å²) in [4.78, 5) is 33.0. The van der Waals surface area contributed by atoms with E-state index in [4.69, 9.17) is 15.3 Å². The lowest BCUT2D eigenvalue weighted by Gasteiger charge is -2.39. The average Bonchev–Trinajstić information content (AvgIpc) is 2.96. The molecular formula is C36H68NO6+. The average molecular weight is 611 g/mol. The molecule has 0 bridgehead atoms. The van der Waals surface area contributed by atoms with Crippen LogP contribution in [0.2, 0.25) is 0 Å². The quantitative estimate of drug-likeness (QED) is 0.0380. The highest BCUT2D eigenvalue weighted by Gasteiger charge is 2.26. The molecule has 0 amide bonds. The van der Waals surface area contributed by atoms with Gasteiger partial charge in [-0.25, -0.2) is 0 Å². The summed E-state index contributed by atoms with van der Waals surface area (Å²) < 4.78 is 0.862. The van der Waals surface area contributed by atoms with Crippen LogP contribution >= 0.6 is 0 Å². The van der Waals surface area contributed by atoms with E-state index in [-0.39, 0.29) is 19.3 Å². The minimum absolute atomic E-state index is 0.172. The molecular weight excluding hydrogens is 542 g/mol. The van der Waals surface area contributed by atoms with Gasteiger partial charge in [0.25, 0.3) is 0 Å². The zero-order chi connectivity index (χ0) is 31.9. The summed E-state index contributed by atoms with van der Waals surface area (Å²) in [6, 6.07) is 0. The Morgan fingerprint density at radius 2 is 0.698 bits per heavy atom. The third kappa shape index (κ3) is 29.9. The lowest BCUT2D eigenvalue weighted by molar-refractivity contribution is -0.929. The van der Waals surface area contributed by atoms with Crippen molar-refractivity contribution in [3.8, 4) is 0 Å². The molecule has 0 aromatic rings. The van der Waals surface area contributed by atoms with Gasteiger partial charge in [0.05, 0.1) is 26.2 Å². The van der Waals surface area contributed by atoms with E-state index in [1.165, 1.54) is 96.3 Å². The van der Waals surface area contributed by atoms with Crippen molar-refractivity contribution in [3.63, 3.8) is 0 Å². The van der Waals surface area contributed by atoms with E-state index in [0.717, 1.165) is 62.8 Å². The van der Waals surface area contributed by atoms with Crippen LogP contribution in [0.5, 0.6) is 0 Å². The number of nitrogens with zero attached hydrogens (tertiary/aromatic N) is 1. The van der Waals surface area contributed by atoms with Crippen LogP contribution in [0.3, 0.4) is 0 Å². The number of hydrogen-bond donors (Lipinski definition) is 3. The largest absolute Gasteiger partial charge is 0.481 e. The fraction of sp³-hybridized carbons (Fsp3) is 0.861. The van der Waals surface area contributed by atoms with Crippen molar-refractivity contribution >= 4 is 17.9 Å². The molecule has 0 aliphatic carbocycles. The first-order valence-electron chi connectivity index (χ1n) is 18.0. The third-order valence-electron chi connectivity index (χ3n) is 8.71. The van der Waals surface area contributed by atoms with Gasteiger partial charge in [0.2, 0.25) is 0 Å². The summed E-state index contributed by atoms with van der Waals surface area (Å²) in [6.07, 6.45) is 31.8. The number of hydrogen-bond acceptors (Lipinski definition) is 3. The van der Waals surface area contributed by atoms with Crippen molar-refractivity contribution in [2.24, 2.45) is 0 Å². The predicted octanol–water partition coefficient (Wildman–Crippen LogP) is 9.78. The van der Waals surface area contributed by atoms with Crippen LogP contribution < -0.4 is 0 Å². The van der Waals surface area contributed by atoms with Crippen LogP contribution in [0.15, 0.2) is 12.2 Å². The maximum atomic E-state index is 11.0. The van der Waals surface area contributed by atoms with Crippen LogP contribution in [-0.2, 0) is 14.4 Å². The monoisotopic (exact) mass is 611 g/mol. The van der Waals surface area contributed by atoms with E-state index in [1.54, 1.807) is 0 Å². The molecule has 3 N–H and O–H groups in total. The van der Waals surface area contributed by atoms with Crippen molar-refractivity contribution in [2.45, 2.75) is 174 Å². The second-order valence-electron chi connectivity index (χ2n) is 12.8. The van der Waals surface area contributed by atoms with Gasteiger partial charge >= 0.3 is 17.9 Å². The Bertz CT molecular complexity index is 653. The van der Waals surface area contributed by atoms with Crippen LogP contribution in [0.4, 0.5) is 0 Å². The lowest BCUT2D eigenvalue weighted by Crippen LogP contribution is -2.51. The Balaban J connectivity index is 4.33. The summed E-state index contributed by atoms with van der Waals surface area (Å²) in [5, 5.41) is 27.2. The van der Waals surface area contributed by atoms with Crippen molar-refractivity contribution in [2.75, 3.05) is 26.2 Å². The fourth-order valence-electron chi connectivity index (χ4n) is 6.07. The standard InChI is InChI=1S/C36H67NO6/c1-2-3-4-5-6-7-8-9-10-11-12-13-14-15-16-17-18-19-23-30-37(31-24-20-27-34(38)39,32-25-21-28-35(40)41)33-26-22-29-36(42)43/h13-14H,2-12,15-33H2,1H3,(H2-,38,39,40,41,42,43)/p+1/b14-13+. The van der Waals surface area contributed by atoms with E-state index >= 15 is 0 Å². The van der Waals surface area contributed by atoms with Gasteiger partial charge in [0.1, 0.15) is 0 Å². The van der Waals surface area contributed by atoms with Gasteiger partial charge in [-0.15, -0.1) is 0 Å². The second kappa shape index (κ2) is 30.1. The van der Waals surface area contributed by atoms with Gasteiger partial charge < -0.3 is 19.8 Å². The van der Waals surface area contributed by atoms with Gasteiger partial charge in [-0.3, -0.25) is 14.4 Å². The van der Waals surface area contributed by atoms with Gasteiger partial charge in [-0.05, 0) is 77.0 Å². The summed E-state index contributed by atoms with van der Waals surface area (Å²) in [6.45, 7) is 5.94. The topological polar surface area (TPSA) is 112 Å². The third-order valence-corrected chi connectivity index (χ3v) is 8.71.